The molecule has 0 bridgehead atoms. The van der Waals surface area contributed by atoms with E-state index in [4.69, 9.17) is 0 Å². The van der Waals surface area contributed by atoms with Gasteiger partial charge >= 0.3 is 0 Å². The third kappa shape index (κ3) is 0.552. The molecule has 0 saturated heterocycles. The Hall–Kier alpha value is -1.30. The van der Waals surface area contributed by atoms with Crippen molar-refractivity contribution >= 4 is 0 Å². The molecule has 0 amide bonds. The van der Waals surface area contributed by atoms with Gasteiger partial charge in [0, 0.05) is 11.3 Å². The number of allylic oxidation sites excluding steroid dienone is 10. The van der Waals surface area contributed by atoms with Crippen LogP contribution in [0.4, 0.5) is 0 Å². The van der Waals surface area contributed by atoms with E-state index in [9.17, 15) is 0 Å². The molecule has 0 radical (unpaired) electrons. The van der Waals surface area contributed by atoms with Crippen LogP contribution in [0.3, 0.4) is 0 Å². The second-order valence-corrected chi connectivity index (χ2v) is 4.64. The maximum Gasteiger partial charge on any atom is 0.0276 e. The second kappa shape index (κ2) is 2.03. The van der Waals surface area contributed by atoms with Gasteiger partial charge in [0.05, 0.1) is 0 Å². The molecule has 68 valence electrons. The summed E-state index contributed by atoms with van der Waals surface area (Å²) in [5.41, 5.74) is 5.14. The number of rotatable bonds is 0. The van der Waals surface area contributed by atoms with Gasteiger partial charge < -0.3 is 0 Å². The number of hydrogen-bond donors (Lipinski definition) is 0. The Balaban J connectivity index is 2.01. The summed E-state index contributed by atoms with van der Waals surface area (Å²) < 4.78 is 0. The van der Waals surface area contributed by atoms with E-state index in [1.54, 1.807) is 16.7 Å². The molecule has 2 unspecified atom stereocenters. The fraction of sp³-hybridized carbons (Fsp3) is 0.286. The lowest BCUT2D eigenvalue weighted by molar-refractivity contribution is 0.438. The van der Waals surface area contributed by atoms with E-state index in [0.717, 1.165) is 0 Å². The van der Waals surface area contributed by atoms with Crippen LogP contribution in [-0.4, -0.2) is 0 Å². The maximum absolute atomic E-state index is 2.42. The van der Waals surface area contributed by atoms with E-state index < -0.39 is 0 Å². The van der Waals surface area contributed by atoms with Crippen LogP contribution in [0.25, 0.3) is 0 Å². The first kappa shape index (κ1) is 7.05. The van der Waals surface area contributed by atoms with Crippen molar-refractivity contribution in [2.24, 2.45) is 11.3 Å². The SMILES string of the molecule is C1=CC23CC=CC2C2=C(C=CC2)C3=C1. The van der Waals surface area contributed by atoms with Gasteiger partial charge in [0.15, 0.2) is 0 Å². The van der Waals surface area contributed by atoms with Crippen LogP contribution in [0.1, 0.15) is 12.8 Å². The summed E-state index contributed by atoms with van der Waals surface area (Å²) in [4.78, 5) is 0. The molecule has 0 aromatic rings. The molecule has 4 aliphatic rings. The lowest BCUT2D eigenvalue weighted by Gasteiger charge is -2.27. The Labute approximate surface area is 84.0 Å². The summed E-state index contributed by atoms with van der Waals surface area (Å²) in [6, 6.07) is 0. The summed E-state index contributed by atoms with van der Waals surface area (Å²) in [5.74, 6) is 0.678. The highest BCUT2D eigenvalue weighted by Crippen LogP contribution is 2.61. The first-order valence-electron chi connectivity index (χ1n) is 5.38. The summed E-state index contributed by atoms with van der Waals surface area (Å²) in [6.07, 6.45) is 18.8. The Morgan fingerprint density at radius 3 is 3.29 bits per heavy atom. The largest absolute Gasteiger partial charge is 0.0867 e. The fourth-order valence-corrected chi connectivity index (χ4v) is 3.55. The third-order valence-corrected chi connectivity index (χ3v) is 4.13. The van der Waals surface area contributed by atoms with Crippen LogP contribution < -0.4 is 0 Å². The molecule has 0 N–H and O–H groups in total. The van der Waals surface area contributed by atoms with Crippen molar-refractivity contribution < 1.29 is 0 Å². The van der Waals surface area contributed by atoms with E-state index in [2.05, 4.69) is 42.5 Å². The van der Waals surface area contributed by atoms with Crippen molar-refractivity contribution in [2.45, 2.75) is 12.8 Å². The van der Waals surface area contributed by atoms with Crippen LogP contribution >= 0.6 is 0 Å². The van der Waals surface area contributed by atoms with Crippen LogP contribution in [-0.2, 0) is 0 Å². The van der Waals surface area contributed by atoms with E-state index in [0.29, 0.717) is 11.3 Å². The maximum atomic E-state index is 2.42. The molecular weight excluding hydrogens is 168 g/mol. The molecule has 0 aromatic carbocycles. The molecular formula is C14H12. The highest BCUT2D eigenvalue weighted by molar-refractivity contribution is 5.65. The molecule has 0 aromatic heterocycles. The molecule has 0 saturated carbocycles. The highest BCUT2D eigenvalue weighted by Gasteiger charge is 2.50. The third-order valence-electron chi connectivity index (χ3n) is 4.13. The smallest absolute Gasteiger partial charge is 0.0276 e. The number of hydrogen-bond acceptors (Lipinski definition) is 0. The average molecular weight is 180 g/mol. The molecule has 0 aliphatic heterocycles. The molecule has 14 heavy (non-hydrogen) atoms. The fourth-order valence-electron chi connectivity index (χ4n) is 3.55. The highest BCUT2D eigenvalue weighted by atomic mass is 14.5. The van der Waals surface area contributed by atoms with Gasteiger partial charge in [-0.25, -0.2) is 0 Å². The lowest BCUT2D eigenvalue weighted by atomic mass is 9.75. The summed E-state index contributed by atoms with van der Waals surface area (Å²) in [6.45, 7) is 0. The predicted molar refractivity (Wildman–Crippen MR) is 57.7 cm³/mol. The lowest BCUT2D eigenvalue weighted by Crippen LogP contribution is -2.20. The molecule has 0 fully saturated rings. The summed E-state index contributed by atoms with van der Waals surface area (Å²) in [7, 11) is 0. The minimum Gasteiger partial charge on any atom is -0.0867 e. The molecule has 2 atom stereocenters. The van der Waals surface area contributed by atoms with Gasteiger partial charge in [-0.3, -0.25) is 0 Å². The van der Waals surface area contributed by atoms with Gasteiger partial charge in [0.2, 0.25) is 0 Å². The van der Waals surface area contributed by atoms with Crippen LogP contribution in [0.15, 0.2) is 59.3 Å². The first-order chi connectivity index (χ1) is 6.92. The van der Waals surface area contributed by atoms with Crippen molar-refractivity contribution in [3.63, 3.8) is 0 Å². The van der Waals surface area contributed by atoms with Gasteiger partial charge in [-0.1, -0.05) is 48.1 Å². The Kier molecular flexibility index (Phi) is 1.02. The Morgan fingerprint density at radius 2 is 2.29 bits per heavy atom. The zero-order valence-corrected chi connectivity index (χ0v) is 8.03. The Bertz CT molecular complexity index is 468. The van der Waals surface area contributed by atoms with Crippen molar-refractivity contribution in [2.75, 3.05) is 0 Å². The van der Waals surface area contributed by atoms with Gasteiger partial charge in [0.25, 0.3) is 0 Å². The van der Waals surface area contributed by atoms with E-state index in [1.165, 1.54) is 12.8 Å². The molecule has 4 aliphatic carbocycles. The van der Waals surface area contributed by atoms with E-state index in [1.807, 2.05) is 0 Å². The summed E-state index contributed by atoms with van der Waals surface area (Å²) >= 11 is 0. The normalized spacial score (nSPS) is 40.6. The van der Waals surface area contributed by atoms with Crippen LogP contribution in [0, 0.1) is 11.3 Å². The zero-order valence-electron chi connectivity index (χ0n) is 8.03. The van der Waals surface area contributed by atoms with E-state index in [-0.39, 0.29) is 0 Å². The van der Waals surface area contributed by atoms with Crippen molar-refractivity contribution in [1.82, 2.24) is 0 Å². The van der Waals surface area contributed by atoms with Crippen LogP contribution in [0.5, 0.6) is 0 Å². The van der Waals surface area contributed by atoms with Crippen molar-refractivity contribution in [3.05, 3.63) is 59.3 Å². The van der Waals surface area contributed by atoms with E-state index >= 15 is 0 Å². The molecule has 4 rings (SSSR count). The quantitative estimate of drug-likeness (QED) is 0.502. The average Bonchev–Trinajstić information content (AvgIpc) is 2.85. The van der Waals surface area contributed by atoms with Crippen LogP contribution in [0.2, 0.25) is 0 Å². The number of fused-ring (bicyclic) bond motifs is 2. The predicted octanol–water partition coefficient (Wildman–Crippen LogP) is 3.32. The van der Waals surface area contributed by atoms with Gasteiger partial charge in [-0.2, -0.15) is 0 Å². The van der Waals surface area contributed by atoms with Crippen molar-refractivity contribution in [1.29, 1.82) is 0 Å². The zero-order chi connectivity index (χ0) is 9.17. The van der Waals surface area contributed by atoms with Gasteiger partial charge in [-0.15, -0.1) is 0 Å². The first-order valence-corrected chi connectivity index (χ1v) is 5.38. The minimum atomic E-state index is 0.357. The minimum absolute atomic E-state index is 0.357. The molecule has 0 heterocycles. The van der Waals surface area contributed by atoms with Gasteiger partial charge in [-0.05, 0) is 24.0 Å². The molecule has 1 spiro atoms. The molecule has 0 heteroatoms. The Morgan fingerprint density at radius 1 is 1.29 bits per heavy atom. The van der Waals surface area contributed by atoms with Crippen molar-refractivity contribution in [3.8, 4) is 0 Å². The van der Waals surface area contributed by atoms with Gasteiger partial charge in [0.1, 0.15) is 0 Å². The second-order valence-electron chi connectivity index (χ2n) is 4.64. The summed E-state index contributed by atoms with van der Waals surface area (Å²) in [5, 5.41) is 0. The standard InChI is InChI=1S/C14H12/c1-4-10-11(5-1)13-7-3-9-14(13)8-2-6-12(10)14/h1-4,6-8,13H,5,9H2. The monoisotopic (exact) mass is 180 g/mol. The molecule has 0 nitrogen and oxygen atoms in total. The topological polar surface area (TPSA) is 0 Å².